The molecule has 96 valence electrons. The van der Waals surface area contributed by atoms with Crippen molar-refractivity contribution in [2.45, 2.75) is 13.5 Å². The quantitative estimate of drug-likeness (QED) is 0.703. The van der Waals surface area contributed by atoms with E-state index in [9.17, 15) is 0 Å². The molecule has 3 N–H and O–H groups in total. The Kier molecular flexibility index (Phi) is 2.83. The van der Waals surface area contributed by atoms with Crippen molar-refractivity contribution in [2.75, 3.05) is 11.1 Å². The Labute approximate surface area is 111 Å². The monoisotopic (exact) mass is 253 g/mol. The molecule has 3 rings (SSSR count). The summed E-state index contributed by atoms with van der Waals surface area (Å²) in [5, 5.41) is 3.19. The van der Waals surface area contributed by atoms with Gasteiger partial charge in [0.1, 0.15) is 5.52 Å². The molecular formula is C15H15N3O. The average Bonchev–Trinajstić information content (AvgIpc) is 2.82. The van der Waals surface area contributed by atoms with Crippen LogP contribution in [0.1, 0.15) is 11.1 Å². The van der Waals surface area contributed by atoms with Crippen LogP contribution in [0, 0.1) is 6.92 Å². The molecule has 0 bridgehead atoms. The first-order valence-electron chi connectivity index (χ1n) is 6.17. The number of hydrogen-bond acceptors (Lipinski definition) is 4. The molecule has 0 unspecified atom stereocenters. The van der Waals surface area contributed by atoms with Crippen molar-refractivity contribution >= 4 is 22.8 Å². The zero-order valence-corrected chi connectivity index (χ0v) is 10.7. The molecule has 19 heavy (non-hydrogen) atoms. The molecular weight excluding hydrogens is 238 g/mol. The molecule has 1 aromatic heterocycles. The van der Waals surface area contributed by atoms with E-state index in [1.54, 1.807) is 0 Å². The summed E-state index contributed by atoms with van der Waals surface area (Å²) in [6.07, 6.45) is 0. The minimum Gasteiger partial charge on any atom is -0.423 e. The number of aryl methyl sites for hydroxylation is 1. The number of nitrogen functional groups attached to an aromatic ring is 1. The van der Waals surface area contributed by atoms with Crippen molar-refractivity contribution in [1.82, 2.24) is 4.98 Å². The first kappa shape index (κ1) is 11.6. The minimum absolute atomic E-state index is 0.496. The lowest BCUT2D eigenvalue weighted by Crippen LogP contribution is -2.01. The number of nitrogens with one attached hydrogen (secondary N) is 1. The number of rotatable bonds is 3. The maximum absolute atomic E-state index is 5.85. The number of anilines is 2. The van der Waals surface area contributed by atoms with Gasteiger partial charge < -0.3 is 15.5 Å². The molecule has 0 saturated heterocycles. The molecule has 3 aromatic rings. The molecule has 0 atom stereocenters. The molecule has 4 heteroatoms. The fourth-order valence-corrected chi connectivity index (χ4v) is 2.02. The normalized spacial score (nSPS) is 10.8. The summed E-state index contributed by atoms with van der Waals surface area (Å²) in [5.41, 5.74) is 10.3. The number of hydrogen-bond donors (Lipinski definition) is 2. The highest BCUT2D eigenvalue weighted by atomic mass is 16.4. The molecule has 0 amide bonds. The van der Waals surface area contributed by atoms with Crippen molar-refractivity contribution < 1.29 is 4.42 Å². The summed E-state index contributed by atoms with van der Waals surface area (Å²) in [5.74, 6) is 0. The van der Waals surface area contributed by atoms with Crippen LogP contribution >= 0.6 is 0 Å². The number of fused-ring (bicyclic) bond motifs is 1. The summed E-state index contributed by atoms with van der Waals surface area (Å²) in [4.78, 5) is 4.35. The largest absolute Gasteiger partial charge is 0.423 e. The summed E-state index contributed by atoms with van der Waals surface area (Å²) < 4.78 is 5.61. The Hall–Kier alpha value is -2.49. The van der Waals surface area contributed by atoms with Crippen LogP contribution in [-0.4, -0.2) is 4.98 Å². The van der Waals surface area contributed by atoms with E-state index in [1.165, 1.54) is 11.1 Å². The highest BCUT2D eigenvalue weighted by Crippen LogP contribution is 2.24. The van der Waals surface area contributed by atoms with Crippen LogP contribution < -0.4 is 11.1 Å². The smallest absolute Gasteiger partial charge is 0.296 e. The fourth-order valence-electron chi connectivity index (χ4n) is 2.02. The van der Waals surface area contributed by atoms with Crippen LogP contribution in [0.2, 0.25) is 0 Å². The molecule has 0 radical (unpaired) electrons. The van der Waals surface area contributed by atoms with E-state index in [4.69, 9.17) is 10.2 Å². The van der Waals surface area contributed by atoms with Gasteiger partial charge in [0.2, 0.25) is 0 Å². The van der Waals surface area contributed by atoms with E-state index in [0.717, 1.165) is 0 Å². The molecule has 0 aliphatic carbocycles. The molecule has 1 heterocycles. The van der Waals surface area contributed by atoms with Crippen molar-refractivity contribution in [3.05, 3.63) is 53.6 Å². The third kappa shape index (κ3) is 2.25. The second-order valence-corrected chi connectivity index (χ2v) is 4.49. The van der Waals surface area contributed by atoms with E-state index >= 15 is 0 Å². The molecule has 4 nitrogen and oxygen atoms in total. The standard InChI is InChI=1S/C15H15N3O/c1-10-5-2-3-6-11(10)9-17-15-18-14-12(16)7-4-8-13(14)19-15/h2-8H,9,16H2,1H3,(H,17,18). The summed E-state index contributed by atoms with van der Waals surface area (Å²) >= 11 is 0. The summed E-state index contributed by atoms with van der Waals surface area (Å²) in [6.45, 7) is 2.76. The Morgan fingerprint density at radius 3 is 2.79 bits per heavy atom. The maximum Gasteiger partial charge on any atom is 0.296 e. The van der Waals surface area contributed by atoms with Gasteiger partial charge in [-0.05, 0) is 30.2 Å². The van der Waals surface area contributed by atoms with Crippen molar-refractivity contribution in [2.24, 2.45) is 0 Å². The zero-order valence-electron chi connectivity index (χ0n) is 10.7. The van der Waals surface area contributed by atoms with Gasteiger partial charge in [0.25, 0.3) is 6.01 Å². The highest BCUT2D eigenvalue weighted by molar-refractivity contribution is 5.86. The van der Waals surface area contributed by atoms with Crippen LogP contribution in [0.4, 0.5) is 11.7 Å². The van der Waals surface area contributed by atoms with Gasteiger partial charge in [0.15, 0.2) is 5.58 Å². The van der Waals surface area contributed by atoms with Crippen molar-refractivity contribution in [3.63, 3.8) is 0 Å². The third-order valence-corrected chi connectivity index (χ3v) is 3.14. The van der Waals surface area contributed by atoms with Gasteiger partial charge in [0.05, 0.1) is 5.69 Å². The van der Waals surface area contributed by atoms with Gasteiger partial charge in [-0.2, -0.15) is 4.98 Å². The molecule has 0 spiro atoms. The number of para-hydroxylation sites is 1. The third-order valence-electron chi connectivity index (χ3n) is 3.14. The summed E-state index contributed by atoms with van der Waals surface area (Å²) in [7, 11) is 0. The zero-order chi connectivity index (χ0) is 13.2. The van der Waals surface area contributed by atoms with Crippen molar-refractivity contribution in [3.8, 4) is 0 Å². The lowest BCUT2D eigenvalue weighted by Gasteiger charge is -2.04. The van der Waals surface area contributed by atoms with Crippen LogP contribution in [0.25, 0.3) is 11.1 Å². The minimum atomic E-state index is 0.496. The SMILES string of the molecule is Cc1ccccc1CNc1nc2c(N)cccc2o1. The first-order chi connectivity index (χ1) is 9.24. The number of aromatic nitrogens is 1. The predicted octanol–water partition coefficient (Wildman–Crippen LogP) is 3.33. The Morgan fingerprint density at radius 1 is 1.16 bits per heavy atom. The lowest BCUT2D eigenvalue weighted by molar-refractivity contribution is 0.614. The van der Waals surface area contributed by atoms with Crippen LogP contribution in [0.15, 0.2) is 46.9 Å². The predicted molar refractivity (Wildman–Crippen MR) is 76.9 cm³/mol. The fraction of sp³-hybridized carbons (Fsp3) is 0.133. The van der Waals surface area contributed by atoms with Crippen LogP contribution in [-0.2, 0) is 6.54 Å². The average molecular weight is 253 g/mol. The molecule has 0 saturated carbocycles. The number of benzene rings is 2. The highest BCUT2D eigenvalue weighted by Gasteiger charge is 2.07. The van der Waals surface area contributed by atoms with E-state index in [-0.39, 0.29) is 0 Å². The number of oxazole rings is 1. The van der Waals surface area contributed by atoms with Gasteiger partial charge in [-0.3, -0.25) is 0 Å². The van der Waals surface area contributed by atoms with Gasteiger partial charge in [-0.15, -0.1) is 0 Å². The second-order valence-electron chi connectivity index (χ2n) is 4.49. The maximum atomic E-state index is 5.85. The van der Waals surface area contributed by atoms with Crippen LogP contribution in [0.5, 0.6) is 0 Å². The topological polar surface area (TPSA) is 64.1 Å². The number of nitrogens with zero attached hydrogens (tertiary/aromatic N) is 1. The van der Waals surface area contributed by atoms with E-state index < -0.39 is 0 Å². The van der Waals surface area contributed by atoms with Crippen molar-refractivity contribution in [1.29, 1.82) is 0 Å². The van der Waals surface area contributed by atoms with Gasteiger partial charge in [-0.25, -0.2) is 0 Å². The van der Waals surface area contributed by atoms with Gasteiger partial charge in [-0.1, -0.05) is 30.3 Å². The van der Waals surface area contributed by atoms with Gasteiger partial charge in [0, 0.05) is 6.54 Å². The van der Waals surface area contributed by atoms with E-state index in [2.05, 4.69) is 29.4 Å². The van der Waals surface area contributed by atoms with E-state index in [0.29, 0.717) is 29.3 Å². The molecule has 0 aliphatic rings. The second kappa shape index (κ2) is 4.65. The Morgan fingerprint density at radius 2 is 2.00 bits per heavy atom. The Bertz CT molecular complexity index is 718. The lowest BCUT2D eigenvalue weighted by atomic mass is 10.1. The van der Waals surface area contributed by atoms with Crippen LogP contribution in [0.3, 0.4) is 0 Å². The number of nitrogens with two attached hydrogens (primary N) is 1. The summed E-state index contributed by atoms with van der Waals surface area (Å²) in [6, 6.07) is 14.2. The first-order valence-corrected chi connectivity index (χ1v) is 6.17. The molecule has 0 aliphatic heterocycles. The van der Waals surface area contributed by atoms with E-state index in [1.807, 2.05) is 30.3 Å². The molecule has 2 aromatic carbocycles. The van der Waals surface area contributed by atoms with Gasteiger partial charge >= 0.3 is 0 Å². The Balaban J connectivity index is 1.83. The molecule has 0 fully saturated rings.